The molecule has 2 N–H and O–H groups in total. The van der Waals surface area contributed by atoms with Crippen LogP contribution < -0.4 is 5.32 Å². The van der Waals surface area contributed by atoms with Gasteiger partial charge in [-0.3, -0.25) is 4.90 Å². The van der Waals surface area contributed by atoms with Crippen molar-refractivity contribution in [3.8, 4) is 10.4 Å². The minimum absolute atomic E-state index is 0.0112. The monoisotopic (exact) mass is 576 g/mol. The topological polar surface area (TPSA) is 88.1 Å². The van der Waals surface area contributed by atoms with Crippen LogP contribution in [0.4, 0.5) is 22.8 Å². The molecule has 0 spiro atoms. The summed E-state index contributed by atoms with van der Waals surface area (Å²) in [6, 6.07) is 13.6. The zero-order chi connectivity index (χ0) is 29.0. The SMILES string of the molecule is CC(C)(C)OC(=O)N1C[C@H](O)[C@@H](OC(=O)NCc2cccc(F)c2)[C@H]1Cc1ccc(-c2cc(C(F)F)cs2)cc1. The molecule has 0 aliphatic carbocycles. The third-order valence-electron chi connectivity index (χ3n) is 6.29. The Bertz CT molecular complexity index is 1330. The highest BCUT2D eigenvalue weighted by atomic mass is 32.1. The molecule has 0 saturated carbocycles. The number of likely N-dealkylation sites (tertiary alicyclic amines) is 1. The molecule has 1 saturated heterocycles. The Kier molecular flexibility index (Phi) is 9.05. The molecule has 0 radical (unpaired) electrons. The van der Waals surface area contributed by atoms with Gasteiger partial charge < -0.3 is 19.9 Å². The third kappa shape index (κ3) is 7.54. The van der Waals surface area contributed by atoms with Crippen molar-refractivity contribution < 1.29 is 37.3 Å². The number of carbonyl (C=O) groups excluding carboxylic acids is 2. The van der Waals surface area contributed by atoms with Gasteiger partial charge in [-0.15, -0.1) is 11.3 Å². The summed E-state index contributed by atoms with van der Waals surface area (Å²) in [6.45, 7) is 5.08. The number of β-amino-alcohol motifs (C(OH)–C–C–N with tert-alkyl or cyclic N) is 1. The lowest BCUT2D eigenvalue weighted by Gasteiger charge is -2.30. The minimum Gasteiger partial charge on any atom is -0.444 e. The smallest absolute Gasteiger partial charge is 0.410 e. The predicted octanol–water partition coefficient (Wildman–Crippen LogP) is 6.31. The molecule has 40 heavy (non-hydrogen) atoms. The van der Waals surface area contributed by atoms with E-state index in [9.17, 15) is 27.9 Å². The Morgan fingerprint density at radius 3 is 2.48 bits per heavy atom. The molecule has 1 aliphatic rings. The van der Waals surface area contributed by atoms with Crippen LogP contribution in [0.15, 0.2) is 60.0 Å². The van der Waals surface area contributed by atoms with E-state index in [1.807, 2.05) is 0 Å². The van der Waals surface area contributed by atoms with Gasteiger partial charge in [0, 0.05) is 22.4 Å². The fourth-order valence-corrected chi connectivity index (χ4v) is 5.35. The largest absolute Gasteiger partial charge is 0.444 e. The van der Waals surface area contributed by atoms with Crippen molar-refractivity contribution in [3.63, 3.8) is 0 Å². The van der Waals surface area contributed by atoms with Crippen LogP contribution in [0.2, 0.25) is 0 Å². The van der Waals surface area contributed by atoms with Crippen molar-refractivity contribution in [1.82, 2.24) is 10.2 Å². The van der Waals surface area contributed by atoms with Gasteiger partial charge in [-0.1, -0.05) is 36.4 Å². The lowest BCUT2D eigenvalue weighted by molar-refractivity contribution is 0.00588. The maximum absolute atomic E-state index is 13.5. The molecule has 2 amide bonds. The van der Waals surface area contributed by atoms with Gasteiger partial charge in [-0.05, 0) is 62.1 Å². The summed E-state index contributed by atoms with van der Waals surface area (Å²) in [5, 5.41) is 14.8. The normalized spacial score (nSPS) is 19.1. The van der Waals surface area contributed by atoms with Gasteiger partial charge in [-0.2, -0.15) is 0 Å². The number of halogens is 3. The van der Waals surface area contributed by atoms with Crippen LogP contribution in [-0.2, 0) is 22.4 Å². The molecule has 4 rings (SSSR count). The number of ether oxygens (including phenoxy) is 2. The van der Waals surface area contributed by atoms with Crippen molar-refractivity contribution in [2.45, 2.75) is 64.0 Å². The predicted molar refractivity (Wildman–Crippen MR) is 145 cm³/mol. The van der Waals surface area contributed by atoms with Gasteiger partial charge in [-0.25, -0.2) is 22.8 Å². The summed E-state index contributed by atoms with van der Waals surface area (Å²) in [5.74, 6) is -0.438. The molecule has 3 aromatic rings. The summed E-state index contributed by atoms with van der Waals surface area (Å²) >= 11 is 1.22. The molecule has 0 unspecified atom stereocenters. The van der Waals surface area contributed by atoms with Crippen molar-refractivity contribution in [1.29, 1.82) is 0 Å². The van der Waals surface area contributed by atoms with Crippen LogP contribution in [0, 0.1) is 5.82 Å². The highest BCUT2D eigenvalue weighted by molar-refractivity contribution is 7.13. The molecule has 7 nitrogen and oxygen atoms in total. The van der Waals surface area contributed by atoms with E-state index in [2.05, 4.69) is 5.32 Å². The number of aliphatic hydroxyl groups excluding tert-OH is 1. The van der Waals surface area contributed by atoms with Crippen LogP contribution in [0.5, 0.6) is 0 Å². The number of rotatable bonds is 7. The molecule has 3 atom stereocenters. The molecule has 11 heteroatoms. The Morgan fingerprint density at radius 2 is 1.85 bits per heavy atom. The van der Waals surface area contributed by atoms with Crippen molar-refractivity contribution in [3.05, 3.63) is 82.5 Å². The number of hydrogen-bond donors (Lipinski definition) is 2. The maximum Gasteiger partial charge on any atom is 0.410 e. The van der Waals surface area contributed by atoms with Crippen LogP contribution in [0.1, 0.15) is 43.9 Å². The number of thiophene rings is 1. The van der Waals surface area contributed by atoms with Crippen molar-refractivity contribution in [2.24, 2.45) is 0 Å². The van der Waals surface area contributed by atoms with E-state index in [0.717, 1.165) is 11.1 Å². The third-order valence-corrected chi connectivity index (χ3v) is 7.29. The average molecular weight is 577 g/mol. The standard InChI is InChI=1S/C29H31F3N2O5S/c1-29(2,3)39-28(37)34-15-23(35)25(38-27(36)33-14-18-5-4-6-21(30)11-18)22(34)12-17-7-9-19(10-8-17)24-13-20(16-40-24)26(31)32/h4-11,13,16,22-23,25-26,35H,12,14-15H2,1-3H3,(H,33,36)/t22-,23+,25+/m1/s1. The van der Waals surface area contributed by atoms with E-state index in [4.69, 9.17) is 9.47 Å². The van der Waals surface area contributed by atoms with Gasteiger partial charge in [0.05, 0.1) is 12.6 Å². The number of nitrogens with zero attached hydrogens (tertiary/aromatic N) is 1. The number of nitrogens with one attached hydrogen (secondary N) is 1. The van der Waals surface area contributed by atoms with Crippen LogP contribution in [0.3, 0.4) is 0 Å². The number of amides is 2. The molecular formula is C29H31F3N2O5S. The number of alkyl halides is 2. The summed E-state index contributed by atoms with van der Waals surface area (Å²) in [5.41, 5.74) is 1.25. The van der Waals surface area contributed by atoms with Crippen LogP contribution in [-0.4, -0.2) is 52.6 Å². The van der Waals surface area contributed by atoms with Crippen molar-refractivity contribution >= 4 is 23.5 Å². The summed E-state index contributed by atoms with van der Waals surface area (Å²) in [6.07, 6.45) is -6.03. The van der Waals surface area contributed by atoms with Gasteiger partial charge >= 0.3 is 12.2 Å². The first-order valence-electron chi connectivity index (χ1n) is 12.7. The number of carbonyl (C=O) groups is 2. The molecule has 0 bridgehead atoms. The lowest BCUT2D eigenvalue weighted by atomic mass is 9.99. The van der Waals surface area contributed by atoms with E-state index in [1.165, 1.54) is 45.9 Å². The number of alkyl carbamates (subject to hydrolysis) is 1. The van der Waals surface area contributed by atoms with Crippen LogP contribution in [0.25, 0.3) is 10.4 Å². The molecule has 2 aromatic carbocycles. The molecule has 2 heterocycles. The fraction of sp³-hybridized carbons (Fsp3) is 0.379. The van der Waals surface area contributed by atoms with Gasteiger partial charge in [0.2, 0.25) is 0 Å². The maximum atomic E-state index is 13.5. The average Bonchev–Trinajstić information content (AvgIpc) is 3.49. The highest BCUT2D eigenvalue weighted by Gasteiger charge is 2.47. The molecular weight excluding hydrogens is 545 g/mol. The molecule has 214 valence electrons. The first-order chi connectivity index (χ1) is 18.9. The second kappa shape index (κ2) is 12.3. The zero-order valence-corrected chi connectivity index (χ0v) is 23.1. The Morgan fingerprint density at radius 1 is 1.12 bits per heavy atom. The van der Waals surface area contributed by atoms with E-state index in [1.54, 1.807) is 51.1 Å². The number of benzene rings is 2. The van der Waals surface area contributed by atoms with Gasteiger partial charge in [0.25, 0.3) is 6.43 Å². The second-order valence-corrected chi connectivity index (χ2v) is 11.5. The summed E-state index contributed by atoms with van der Waals surface area (Å²) in [4.78, 5) is 27.7. The second-order valence-electron chi connectivity index (χ2n) is 10.6. The summed E-state index contributed by atoms with van der Waals surface area (Å²) < 4.78 is 50.6. The minimum atomic E-state index is -2.54. The van der Waals surface area contributed by atoms with E-state index >= 15 is 0 Å². The fourth-order valence-electron chi connectivity index (χ4n) is 4.44. The zero-order valence-electron chi connectivity index (χ0n) is 22.3. The van der Waals surface area contributed by atoms with E-state index in [0.29, 0.717) is 10.4 Å². The van der Waals surface area contributed by atoms with E-state index in [-0.39, 0.29) is 25.1 Å². The first-order valence-corrected chi connectivity index (χ1v) is 13.6. The first kappa shape index (κ1) is 29.4. The quantitative estimate of drug-likeness (QED) is 0.344. The van der Waals surface area contributed by atoms with Gasteiger partial charge in [0.1, 0.15) is 17.5 Å². The van der Waals surface area contributed by atoms with E-state index < -0.39 is 48.3 Å². The number of aliphatic hydroxyl groups is 1. The summed E-state index contributed by atoms with van der Waals surface area (Å²) in [7, 11) is 0. The number of hydrogen-bond acceptors (Lipinski definition) is 6. The molecule has 1 fully saturated rings. The lowest BCUT2D eigenvalue weighted by Crippen LogP contribution is -2.46. The Balaban J connectivity index is 1.50. The Labute approximate surface area is 234 Å². The highest BCUT2D eigenvalue weighted by Crippen LogP contribution is 2.33. The van der Waals surface area contributed by atoms with Crippen LogP contribution >= 0.6 is 11.3 Å². The molecule has 1 aliphatic heterocycles. The van der Waals surface area contributed by atoms with Crippen molar-refractivity contribution in [2.75, 3.05) is 6.54 Å². The Hall–Kier alpha value is -3.57. The van der Waals surface area contributed by atoms with Gasteiger partial charge in [0.15, 0.2) is 6.10 Å². The molecule has 1 aromatic heterocycles.